The predicted molar refractivity (Wildman–Crippen MR) is 238 cm³/mol. The van der Waals surface area contributed by atoms with Crippen molar-refractivity contribution in [3.63, 3.8) is 0 Å². The van der Waals surface area contributed by atoms with Crippen molar-refractivity contribution in [3.8, 4) is 55.8 Å². The Labute approximate surface area is 330 Å². The lowest BCUT2D eigenvalue weighted by atomic mass is 9.92. The highest BCUT2D eigenvalue weighted by Crippen LogP contribution is 2.43. The average Bonchev–Trinajstić information content (AvgIpc) is 3.27. The number of hydrogen-bond donors (Lipinski definition) is 0. The van der Waals surface area contributed by atoms with E-state index in [-0.39, 0.29) is 0 Å². The molecule has 2 nitrogen and oxygen atoms in total. The van der Waals surface area contributed by atoms with Gasteiger partial charge in [-0.1, -0.05) is 184 Å². The summed E-state index contributed by atoms with van der Waals surface area (Å²) in [5.41, 5.74) is 17.2. The number of fused-ring (bicyclic) bond motifs is 1. The summed E-state index contributed by atoms with van der Waals surface area (Å²) >= 11 is 0. The van der Waals surface area contributed by atoms with Gasteiger partial charge in [-0.2, -0.15) is 0 Å². The molecule has 0 unspecified atom stereocenters. The molecule has 9 aromatic rings. The van der Waals surface area contributed by atoms with E-state index in [4.69, 9.17) is 4.98 Å². The van der Waals surface area contributed by atoms with Gasteiger partial charge in [-0.3, -0.25) is 0 Å². The molecular formula is C54H42N2. The Morgan fingerprint density at radius 1 is 0.375 bits per heavy atom. The van der Waals surface area contributed by atoms with Crippen molar-refractivity contribution in [1.82, 2.24) is 4.98 Å². The second-order valence-corrected chi connectivity index (χ2v) is 14.6. The zero-order valence-electron chi connectivity index (χ0n) is 31.7. The molecule has 0 saturated carbocycles. The Bertz CT molecular complexity index is 2730. The van der Waals surface area contributed by atoms with Gasteiger partial charge in [0.05, 0.1) is 16.9 Å². The maximum atomic E-state index is 5.24. The van der Waals surface area contributed by atoms with Crippen LogP contribution in [0.4, 0.5) is 17.1 Å². The molecule has 9 rings (SSSR count). The third-order valence-electron chi connectivity index (χ3n) is 10.7. The minimum atomic E-state index is 0.431. The first kappa shape index (κ1) is 34.7. The smallest absolute Gasteiger partial charge is 0.0788 e. The maximum Gasteiger partial charge on any atom is 0.0788 e. The molecule has 0 bridgehead atoms. The molecule has 1 heterocycles. The third kappa shape index (κ3) is 6.90. The molecule has 56 heavy (non-hydrogen) atoms. The molecule has 2 heteroatoms. The number of benzene rings is 8. The van der Waals surface area contributed by atoms with Gasteiger partial charge in [-0.15, -0.1) is 0 Å². The van der Waals surface area contributed by atoms with Crippen LogP contribution in [0.5, 0.6) is 0 Å². The lowest BCUT2D eigenvalue weighted by Crippen LogP contribution is -2.11. The van der Waals surface area contributed by atoms with Gasteiger partial charge >= 0.3 is 0 Å². The highest BCUT2D eigenvalue weighted by Gasteiger charge is 2.19. The second kappa shape index (κ2) is 15.4. The highest BCUT2D eigenvalue weighted by atomic mass is 15.1. The summed E-state index contributed by atoms with van der Waals surface area (Å²) in [5.74, 6) is 0.431. The lowest BCUT2D eigenvalue weighted by Gasteiger charge is -2.28. The number of para-hydroxylation sites is 2. The van der Waals surface area contributed by atoms with Gasteiger partial charge in [0, 0.05) is 33.5 Å². The Kier molecular flexibility index (Phi) is 9.53. The van der Waals surface area contributed by atoms with Crippen LogP contribution in [0.15, 0.2) is 212 Å². The third-order valence-corrected chi connectivity index (χ3v) is 10.7. The number of nitrogens with zero attached hydrogens (tertiary/aromatic N) is 2. The van der Waals surface area contributed by atoms with Crippen LogP contribution < -0.4 is 4.90 Å². The topological polar surface area (TPSA) is 16.1 Å². The van der Waals surface area contributed by atoms with Gasteiger partial charge in [-0.05, 0) is 87.3 Å². The zero-order valence-corrected chi connectivity index (χ0v) is 31.7. The predicted octanol–water partition coefficient (Wildman–Crippen LogP) is 15.2. The molecule has 0 radical (unpaired) electrons. The summed E-state index contributed by atoms with van der Waals surface area (Å²) in [6.07, 6.45) is 0. The molecule has 0 spiro atoms. The molecule has 0 saturated heterocycles. The summed E-state index contributed by atoms with van der Waals surface area (Å²) in [7, 11) is 0. The number of aromatic nitrogens is 1. The summed E-state index contributed by atoms with van der Waals surface area (Å²) in [5, 5.41) is 1.13. The molecule has 0 aliphatic rings. The fourth-order valence-corrected chi connectivity index (χ4v) is 7.81. The molecule has 0 aliphatic heterocycles. The van der Waals surface area contributed by atoms with Gasteiger partial charge in [-0.25, -0.2) is 4.98 Å². The second-order valence-electron chi connectivity index (χ2n) is 14.6. The van der Waals surface area contributed by atoms with Gasteiger partial charge < -0.3 is 4.90 Å². The Balaban J connectivity index is 1.16. The van der Waals surface area contributed by atoms with Crippen LogP contribution >= 0.6 is 0 Å². The van der Waals surface area contributed by atoms with Crippen molar-refractivity contribution in [2.45, 2.75) is 19.8 Å². The van der Waals surface area contributed by atoms with Crippen LogP contribution in [0, 0.1) is 0 Å². The monoisotopic (exact) mass is 718 g/mol. The number of hydrogen-bond acceptors (Lipinski definition) is 2. The molecule has 8 aromatic carbocycles. The lowest BCUT2D eigenvalue weighted by molar-refractivity contribution is 0.869. The van der Waals surface area contributed by atoms with E-state index in [1.54, 1.807) is 0 Å². The van der Waals surface area contributed by atoms with Crippen LogP contribution in [0.2, 0.25) is 0 Å². The summed E-state index contributed by atoms with van der Waals surface area (Å²) in [6.45, 7) is 4.52. The zero-order chi connectivity index (χ0) is 37.8. The van der Waals surface area contributed by atoms with Gasteiger partial charge in [0.1, 0.15) is 0 Å². The summed E-state index contributed by atoms with van der Waals surface area (Å²) in [4.78, 5) is 7.62. The average molecular weight is 719 g/mol. The molecule has 0 amide bonds. The Morgan fingerprint density at radius 3 is 1.52 bits per heavy atom. The maximum absolute atomic E-state index is 5.24. The largest absolute Gasteiger partial charge is 0.310 e. The van der Waals surface area contributed by atoms with E-state index in [2.05, 4.69) is 231 Å². The minimum Gasteiger partial charge on any atom is -0.310 e. The fraction of sp³-hybridized carbons (Fsp3) is 0.0556. The Morgan fingerprint density at radius 2 is 0.839 bits per heavy atom. The normalized spacial score (nSPS) is 11.2. The quantitative estimate of drug-likeness (QED) is 0.148. The van der Waals surface area contributed by atoms with Crippen molar-refractivity contribution in [2.75, 3.05) is 4.90 Å². The van der Waals surface area contributed by atoms with Crippen molar-refractivity contribution in [1.29, 1.82) is 0 Å². The highest BCUT2D eigenvalue weighted by molar-refractivity contribution is 5.93. The standard InChI is InChI=1S/C54H42N2/c1-38(2)48-20-10-11-21-49(48)42-29-33-46(34-30-42)56(53-24-14-12-22-50(53)43-27-25-40(26-28-43)39-15-5-3-6-16-39)47-35-31-44(32-36-47)54-51(41-17-7-4-8-18-41)37-45-19-9-13-23-52(45)55-54/h3-38H,1-2H3. The molecule has 268 valence electrons. The van der Waals surface area contributed by atoms with E-state index in [0.29, 0.717) is 5.92 Å². The van der Waals surface area contributed by atoms with E-state index in [0.717, 1.165) is 61.5 Å². The van der Waals surface area contributed by atoms with Crippen LogP contribution in [-0.2, 0) is 0 Å². The molecule has 0 fully saturated rings. The number of anilines is 3. The molecule has 0 N–H and O–H groups in total. The van der Waals surface area contributed by atoms with E-state index in [9.17, 15) is 0 Å². The summed E-state index contributed by atoms with van der Waals surface area (Å²) < 4.78 is 0. The molecule has 0 aliphatic carbocycles. The van der Waals surface area contributed by atoms with Crippen molar-refractivity contribution >= 4 is 28.0 Å². The van der Waals surface area contributed by atoms with Gasteiger partial charge in [0.2, 0.25) is 0 Å². The fourth-order valence-electron chi connectivity index (χ4n) is 7.81. The SMILES string of the molecule is CC(C)c1ccccc1-c1ccc(N(c2ccc(-c3nc4ccccc4cc3-c3ccccc3)cc2)c2ccccc2-c2ccc(-c3ccccc3)cc2)cc1. The van der Waals surface area contributed by atoms with Crippen LogP contribution in [-0.4, -0.2) is 4.98 Å². The molecule has 0 atom stereocenters. The minimum absolute atomic E-state index is 0.431. The van der Waals surface area contributed by atoms with Crippen molar-refractivity contribution in [3.05, 3.63) is 218 Å². The van der Waals surface area contributed by atoms with E-state index >= 15 is 0 Å². The first-order valence-electron chi connectivity index (χ1n) is 19.4. The summed E-state index contributed by atoms with van der Waals surface area (Å²) in [6, 6.07) is 76.1. The van der Waals surface area contributed by atoms with Crippen LogP contribution in [0.1, 0.15) is 25.3 Å². The van der Waals surface area contributed by atoms with E-state index in [1.807, 2.05) is 0 Å². The number of rotatable bonds is 9. The van der Waals surface area contributed by atoms with Gasteiger partial charge in [0.25, 0.3) is 0 Å². The van der Waals surface area contributed by atoms with Crippen LogP contribution in [0.25, 0.3) is 66.7 Å². The first-order valence-corrected chi connectivity index (χ1v) is 19.4. The Hall–Kier alpha value is -7.03. The number of pyridine rings is 1. The van der Waals surface area contributed by atoms with Crippen LogP contribution in [0.3, 0.4) is 0 Å². The van der Waals surface area contributed by atoms with Crippen molar-refractivity contribution < 1.29 is 0 Å². The van der Waals surface area contributed by atoms with Gasteiger partial charge in [0.15, 0.2) is 0 Å². The van der Waals surface area contributed by atoms with E-state index < -0.39 is 0 Å². The molecule has 1 aromatic heterocycles. The molecular weight excluding hydrogens is 677 g/mol. The van der Waals surface area contributed by atoms with Crippen molar-refractivity contribution in [2.24, 2.45) is 0 Å². The van der Waals surface area contributed by atoms with E-state index in [1.165, 1.54) is 27.8 Å². The first-order chi connectivity index (χ1) is 27.6.